The van der Waals surface area contributed by atoms with Gasteiger partial charge in [0.05, 0.1) is 6.04 Å². The minimum atomic E-state index is -0.257. The number of hydrogen-bond acceptors (Lipinski definition) is 3. The summed E-state index contributed by atoms with van der Waals surface area (Å²) in [4.78, 5) is 12.1. The fourth-order valence-electron chi connectivity index (χ4n) is 2.66. The van der Waals surface area contributed by atoms with Crippen molar-refractivity contribution in [1.29, 1.82) is 0 Å². The van der Waals surface area contributed by atoms with Crippen molar-refractivity contribution in [2.75, 3.05) is 0 Å². The van der Waals surface area contributed by atoms with Crippen molar-refractivity contribution in [2.24, 2.45) is 0 Å². The van der Waals surface area contributed by atoms with Gasteiger partial charge >= 0.3 is 0 Å². The molecule has 0 saturated carbocycles. The third-order valence-electron chi connectivity index (χ3n) is 3.59. The predicted octanol–water partition coefficient (Wildman–Crippen LogP) is 2.27. The van der Waals surface area contributed by atoms with Crippen molar-refractivity contribution in [3.63, 3.8) is 0 Å². The Morgan fingerprint density at radius 1 is 1.40 bits per heavy atom. The van der Waals surface area contributed by atoms with Crippen molar-refractivity contribution in [3.05, 3.63) is 29.3 Å². The van der Waals surface area contributed by atoms with Gasteiger partial charge in [0.25, 0.3) is 0 Å². The molecule has 1 amide bonds. The fourth-order valence-corrected chi connectivity index (χ4v) is 2.66. The highest BCUT2D eigenvalue weighted by Gasteiger charge is 2.28. The Labute approximate surface area is 120 Å². The second-order valence-corrected chi connectivity index (χ2v) is 6.56. The molecule has 110 valence electrons. The number of phenols is 1. The molecule has 0 spiro atoms. The molecule has 20 heavy (non-hydrogen) atoms. The number of phenolic OH excluding ortho intramolecular Hbond substituents is 1. The number of carbonyl (C=O) groups excluding carboxylic acids is 1. The van der Waals surface area contributed by atoms with Crippen molar-refractivity contribution in [2.45, 2.75) is 58.2 Å². The van der Waals surface area contributed by atoms with Gasteiger partial charge in [-0.2, -0.15) is 0 Å². The number of aromatic hydroxyl groups is 1. The van der Waals surface area contributed by atoms with Crippen LogP contribution in [0.2, 0.25) is 0 Å². The summed E-state index contributed by atoms with van der Waals surface area (Å²) in [6.07, 6.45) is 1.77. The minimum absolute atomic E-state index is 0.00565. The molecule has 4 nitrogen and oxygen atoms in total. The first-order valence-corrected chi connectivity index (χ1v) is 7.17. The third kappa shape index (κ3) is 3.31. The SMILES string of the molecule is CC(NC1CCc2c(O)cccc21)C(=O)NC(C)(C)C. The number of fused-ring (bicyclic) bond motifs is 1. The van der Waals surface area contributed by atoms with E-state index in [1.165, 1.54) is 0 Å². The molecule has 4 heteroatoms. The quantitative estimate of drug-likeness (QED) is 0.793. The minimum Gasteiger partial charge on any atom is -0.508 e. The predicted molar refractivity (Wildman–Crippen MR) is 79.7 cm³/mol. The Hall–Kier alpha value is -1.55. The number of rotatable bonds is 3. The van der Waals surface area contributed by atoms with Crippen LogP contribution in [-0.2, 0) is 11.2 Å². The molecule has 2 rings (SSSR count). The van der Waals surface area contributed by atoms with E-state index in [0.29, 0.717) is 5.75 Å². The molecule has 1 aliphatic carbocycles. The van der Waals surface area contributed by atoms with E-state index in [9.17, 15) is 9.90 Å². The summed E-state index contributed by atoms with van der Waals surface area (Å²) in [6.45, 7) is 7.80. The van der Waals surface area contributed by atoms with E-state index < -0.39 is 0 Å². The van der Waals surface area contributed by atoms with Crippen LogP contribution in [-0.4, -0.2) is 22.6 Å². The van der Waals surface area contributed by atoms with Gasteiger partial charge in [0.1, 0.15) is 5.75 Å². The summed E-state index contributed by atoms with van der Waals surface area (Å²) in [7, 11) is 0. The number of benzene rings is 1. The van der Waals surface area contributed by atoms with Gasteiger partial charge in [0.15, 0.2) is 0 Å². The Morgan fingerprint density at radius 2 is 2.10 bits per heavy atom. The molecule has 0 heterocycles. The fraction of sp³-hybridized carbons (Fsp3) is 0.562. The van der Waals surface area contributed by atoms with Crippen molar-refractivity contribution < 1.29 is 9.90 Å². The van der Waals surface area contributed by atoms with Crippen molar-refractivity contribution >= 4 is 5.91 Å². The first-order valence-electron chi connectivity index (χ1n) is 7.17. The third-order valence-corrected chi connectivity index (χ3v) is 3.59. The largest absolute Gasteiger partial charge is 0.508 e. The second kappa shape index (κ2) is 5.44. The first kappa shape index (κ1) is 14.9. The van der Waals surface area contributed by atoms with Gasteiger partial charge in [-0.25, -0.2) is 0 Å². The molecule has 1 aromatic carbocycles. The maximum atomic E-state index is 12.1. The summed E-state index contributed by atoms with van der Waals surface area (Å²) in [6, 6.07) is 5.48. The van der Waals surface area contributed by atoms with Crippen LogP contribution in [0.4, 0.5) is 0 Å². The van der Waals surface area contributed by atoms with Crippen LogP contribution in [0.25, 0.3) is 0 Å². The molecule has 0 radical (unpaired) electrons. The zero-order chi connectivity index (χ0) is 14.9. The maximum absolute atomic E-state index is 12.1. The maximum Gasteiger partial charge on any atom is 0.237 e. The molecule has 0 bridgehead atoms. The van der Waals surface area contributed by atoms with Gasteiger partial charge in [-0.1, -0.05) is 12.1 Å². The average Bonchev–Trinajstić information content (AvgIpc) is 2.72. The van der Waals surface area contributed by atoms with Gasteiger partial charge in [-0.3, -0.25) is 10.1 Å². The molecule has 2 unspecified atom stereocenters. The van der Waals surface area contributed by atoms with E-state index in [1.807, 2.05) is 39.8 Å². The van der Waals surface area contributed by atoms with Crippen LogP contribution >= 0.6 is 0 Å². The van der Waals surface area contributed by atoms with Crippen LogP contribution in [0.1, 0.15) is 51.3 Å². The Kier molecular flexibility index (Phi) is 4.04. The van der Waals surface area contributed by atoms with Crippen LogP contribution in [0.15, 0.2) is 18.2 Å². The highest BCUT2D eigenvalue weighted by molar-refractivity contribution is 5.82. The monoisotopic (exact) mass is 276 g/mol. The van der Waals surface area contributed by atoms with E-state index in [0.717, 1.165) is 24.0 Å². The number of nitrogens with one attached hydrogen (secondary N) is 2. The lowest BCUT2D eigenvalue weighted by Crippen LogP contribution is -2.50. The summed E-state index contributed by atoms with van der Waals surface area (Å²) in [5, 5.41) is 16.2. The average molecular weight is 276 g/mol. The lowest BCUT2D eigenvalue weighted by Gasteiger charge is -2.25. The van der Waals surface area contributed by atoms with E-state index in [2.05, 4.69) is 10.6 Å². The molecular formula is C16H24N2O2. The van der Waals surface area contributed by atoms with Gasteiger partial charge in [-0.15, -0.1) is 0 Å². The van der Waals surface area contributed by atoms with E-state index in [4.69, 9.17) is 0 Å². The van der Waals surface area contributed by atoms with E-state index in [1.54, 1.807) is 6.07 Å². The lowest BCUT2D eigenvalue weighted by atomic mass is 10.1. The smallest absolute Gasteiger partial charge is 0.237 e. The normalized spacial score (nSPS) is 19.5. The van der Waals surface area contributed by atoms with Gasteiger partial charge < -0.3 is 10.4 Å². The molecular weight excluding hydrogens is 252 g/mol. The second-order valence-electron chi connectivity index (χ2n) is 6.56. The molecule has 0 saturated heterocycles. The van der Waals surface area contributed by atoms with Crippen LogP contribution in [0, 0.1) is 0 Å². The van der Waals surface area contributed by atoms with E-state index >= 15 is 0 Å². The highest BCUT2D eigenvalue weighted by atomic mass is 16.3. The van der Waals surface area contributed by atoms with Gasteiger partial charge in [-0.05, 0) is 57.7 Å². The molecule has 1 aromatic rings. The topological polar surface area (TPSA) is 61.4 Å². The Bertz CT molecular complexity index is 506. The summed E-state index contributed by atoms with van der Waals surface area (Å²) in [5.41, 5.74) is 1.90. The van der Waals surface area contributed by atoms with Crippen LogP contribution in [0.3, 0.4) is 0 Å². The standard InChI is InChI=1S/C16H24N2O2/c1-10(15(20)18-16(2,3)4)17-13-9-8-12-11(13)6-5-7-14(12)19/h5-7,10,13,17,19H,8-9H2,1-4H3,(H,18,20). The molecule has 0 aliphatic heterocycles. The number of carbonyl (C=O) groups is 1. The number of amides is 1. The lowest BCUT2D eigenvalue weighted by molar-refractivity contribution is -0.124. The first-order chi connectivity index (χ1) is 9.28. The van der Waals surface area contributed by atoms with Crippen molar-refractivity contribution in [3.8, 4) is 5.75 Å². The van der Waals surface area contributed by atoms with Gasteiger partial charge in [0, 0.05) is 11.6 Å². The van der Waals surface area contributed by atoms with Crippen LogP contribution < -0.4 is 10.6 Å². The molecule has 0 fully saturated rings. The molecule has 1 aliphatic rings. The molecule has 2 atom stereocenters. The van der Waals surface area contributed by atoms with Crippen molar-refractivity contribution in [1.82, 2.24) is 10.6 Å². The van der Waals surface area contributed by atoms with E-state index in [-0.39, 0.29) is 23.5 Å². The Balaban J connectivity index is 2.03. The zero-order valence-electron chi connectivity index (χ0n) is 12.7. The summed E-state index contributed by atoms with van der Waals surface area (Å²) < 4.78 is 0. The number of hydrogen-bond donors (Lipinski definition) is 3. The Morgan fingerprint density at radius 3 is 2.75 bits per heavy atom. The zero-order valence-corrected chi connectivity index (χ0v) is 12.7. The summed E-state index contributed by atoms with van der Waals surface area (Å²) >= 11 is 0. The molecule has 0 aromatic heterocycles. The van der Waals surface area contributed by atoms with Gasteiger partial charge in [0.2, 0.25) is 5.91 Å². The summed E-state index contributed by atoms with van der Waals surface area (Å²) in [5.74, 6) is 0.365. The highest BCUT2D eigenvalue weighted by Crippen LogP contribution is 2.36. The molecule has 3 N–H and O–H groups in total. The van der Waals surface area contributed by atoms with Crippen LogP contribution in [0.5, 0.6) is 5.75 Å².